The lowest BCUT2D eigenvalue weighted by Crippen LogP contribution is -2.42. The van der Waals surface area contributed by atoms with Crippen LogP contribution in [0.1, 0.15) is 53.4 Å². The molecule has 0 spiro atoms. The summed E-state index contributed by atoms with van der Waals surface area (Å²) in [4.78, 5) is 7.16. The van der Waals surface area contributed by atoms with Crippen molar-refractivity contribution in [1.82, 2.24) is 15.5 Å². The second kappa shape index (κ2) is 15.5. The van der Waals surface area contributed by atoms with Crippen LogP contribution in [0.5, 0.6) is 0 Å². The van der Waals surface area contributed by atoms with Gasteiger partial charge in [0.15, 0.2) is 5.96 Å². The van der Waals surface area contributed by atoms with Crippen molar-refractivity contribution in [1.29, 1.82) is 0 Å². The molecule has 0 bridgehead atoms. The van der Waals surface area contributed by atoms with Crippen molar-refractivity contribution in [3.05, 3.63) is 0 Å². The van der Waals surface area contributed by atoms with E-state index in [4.69, 9.17) is 0 Å². The molecule has 0 aliphatic rings. The van der Waals surface area contributed by atoms with E-state index in [2.05, 4.69) is 54.5 Å². The Kier molecular flexibility index (Phi) is 15.2. The standard InChI is InChI=1S/C17H38N4S/c1-6-18-17(19-13-9-10-15-22-5)20-16(4)12-11-14-21(7-2)8-3/h16H,6-15H2,1-5H3,(H2,18,19,20). The first-order chi connectivity index (χ1) is 10.7. The number of unbranched alkanes of at least 4 members (excludes halogenated alkanes) is 1. The summed E-state index contributed by atoms with van der Waals surface area (Å²) in [6.07, 6.45) is 7.02. The van der Waals surface area contributed by atoms with E-state index in [9.17, 15) is 0 Å². The van der Waals surface area contributed by atoms with E-state index in [0.717, 1.165) is 32.1 Å². The molecule has 0 aromatic carbocycles. The lowest BCUT2D eigenvalue weighted by Gasteiger charge is -2.21. The molecular weight excluding hydrogens is 292 g/mol. The van der Waals surface area contributed by atoms with E-state index in [0.29, 0.717) is 6.04 Å². The molecule has 0 radical (unpaired) electrons. The van der Waals surface area contributed by atoms with Crippen molar-refractivity contribution < 1.29 is 0 Å². The molecule has 0 aliphatic heterocycles. The highest BCUT2D eigenvalue weighted by Crippen LogP contribution is 2.01. The van der Waals surface area contributed by atoms with Gasteiger partial charge < -0.3 is 15.5 Å². The smallest absolute Gasteiger partial charge is 0.191 e. The zero-order chi connectivity index (χ0) is 16.6. The zero-order valence-electron chi connectivity index (χ0n) is 15.5. The Bertz CT molecular complexity index is 267. The fourth-order valence-electron chi connectivity index (χ4n) is 2.34. The first-order valence-corrected chi connectivity index (χ1v) is 10.3. The van der Waals surface area contributed by atoms with E-state index in [-0.39, 0.29) is 0 Å². The average molecular weight is 331 g/mol. The van der Waals surface area contributed by atoms with E-state index in [1.54, 1.807) is 0 Å². The van der Waals surface area contributed by atoms with Gasteiger partial charge in [0, 0.05) is 19.1 Å². The van der Waals surface area contributed by atoms with Crippen LogP contribution in [0.15, 0.2) is 4.99 Å². The molecule has 1 atom stereocenters. The molecule has 0 amide bonds. The van der Waals surface area contributed by atoms with Crippen molar-refractivity contribution >= 4 is 17.7 Å². The molecule has 132 valence electrons. The summed E-state index contributed by atoms with van der Waals surface area (Å²) >= 11 is 1.91. The van der Waals surface area contributed by atoms with E-state index in [1.807, 2.05) is 11.8 Å². The number of hydrogen-bond donors (Lipinski definition) is 2. The fraction of sp³-hybridized carbons (Fsp3) is 0.941. The molecule has 0 aromatic heterocycles. The average Bonchev–Trinajstić information content (AvgIpc) is 2.51. The van der Waals surface area contributed by atoms with Crippen LogP contribution >= 0.6 is 11.8 Å². The normalized spacial score (nSPS) is 13.5. The predicted molar refractivity (Wildman–Crippen MR) is 103 cm³/mol. The molecular formula is C17H38N4S. The van der Waals surface area contributed by atoms with Crippen molar-refractivity contribution in [2.75, 3.05) is 44.7 Å². The highest BCUT2D eigenvalue weighted by molar-refractivity contribution is 7.98. The molecule has 0 aromatic rings. The summed E-state index contributed by atoms with van der Waals surface area (Å²) in [6.45, 7) is 14.2. The topological polar surface area (TPSA) is 39.7 Å². The minimum absolute atomic E-state index is 0.472. The third-order valence-electron chi connectivity index (χ3n) is 3.76. The van der Waals surface area contributed by atoms with Gasteiger partial charge in [-0.2, -0.15) is 11.8 Å². The minimum atomic E-state index is 0.472. The Labute approximate surface area is 142 Å². The summed E-state index contributed by atoms with van der Waals surface area (Å²) in [5.41, 5.74) is 0. The maximum atomic E-state index is 4.68. The molecule has 0 saturated heterocycles. The summed E-state index contributed by atoms with van der Waals surface area (Å²) in [6, 6.07) is 0.472. The molecule has 0 heterocycles. The lowest BCUT2D eigenvalue weighted by molar-refractivity contribution is 0.292. The fourth-order valence-corrected chi connectivity index (χ4v) is 2.83. The van der Waals surface area contributed by atoms with Gasteiger partial charge >= 0.3 is 0 Å². The lowest BCUT2D eigenvalue weighted by atomic mass is 10.2. The van der Waals surface area contributed by atoms with E-state index >= 15 is 0 Å². The van der Waals surface area contributed by atoms with E-state index < -0.39 is 0 Å². The zero-order valence-corrected chi connectivity index (χ0v) is 16.3. The monoisotopic (exact) mass is 330 g/mol. The van der Waals surface area contributed by atoms with Gasteiger partial charge in [0.05, 0.1) is 0 Å². The van der Waals surface area contributed by atoms with Gasteiger partial charge in [0.1, 0.15) is 0 Å². The van der Waals surface area contributed by atoms with Gasteiger partial charge in [-0.05, 0) is 71.2 Å². The third-order valence-corrected chi connectivity index (χ3v) is 4.46. The molecule has 4 nitrogen and oxygen atoms in total. The van der Waals surface area contributed by atoms with Crippen LogP contribution in [-0.2, 0) is 0 Å². The van der Waals surface area contributed by atoms with Crippen LogP contribution in [-0.4, -0.2) is 61.6 Å². The minimum Gasteiger partial charge on any atom is -0.357 e. The Balaban J connectivity index is 4.00. The number of nitrogens with zero attached hydrogens (tertiary/aromatic N) is 2. The summed E-state index contributed by atoms with van der Waals surface area (Å²) < 4.78 is 0. The quantitative estimate of drug-likeness (QED) is 0.309. The van der Waals surface area contributed by atoms with Crippen LogP contribution in [0.4, 0.5) is 0 Å². The molecule has 22 heavy (non-hydrogen) atoms. The summed E-state index contributed by atoms with van der Waals surface area (Å²) in [7, 11) is 0. The third kappa shape index (κ3) is 12.2. The Morgan fingerprint density at radius 1 is 1.14 bits per heavy atom. The van der Waals surface area contributed by atoms with Gasteiger partial charge in [-0.1, -0.05) is 13.8 Å². The highest BCUT2D eigenvalue weighted by atomic mass is 32.2. The number of nitrogens with one attached hydrogen (secondary N) is 2. The van der Waals surface area contributed by atoms with Crippen LogP contribution in [0.2, 0.25) is 0 Å². The number of aliphatic imine (C=N–C) groups is 1. The second-order valence-corrected chi connectivity index (χ2v) is 6.66. The van der Waals surface area contributed by atoms with Crippen LogP contribution in [0.3, 0.4) is 0 Å². The number of rotatable bonds is 13. The van der Waals surface area contributed by atoms with Crippen LogP contribution < -0.4 is 10.6 Å². The number of guanidine groups is 1. The van der Waals surface area contributed by atoms with E-state index in [1.165, 1.54) is 38.0 Å². The molecule has 0 fully saturated rings. The number of thioether (sulfide) groups is 1. The van der Waals surface area contributed by atoms with Gasteiger partial charge in [0.25, 0.3) is 0 Å². The first kappa shape index (κ1) is 21.6. The largest absolute Gasteiger partial charge is 0.357 e. The SMILES string of the molecule is CCNC(=NCCCCSC)NC(C)CCCN(CC)CC. The highest BCUT2D eigenvalue weighted by Gasteiger charge is 2.06. The first-order valence-electron chi connectivity index (χ1n) is 8.93. The maximum absolute atomic E-state index is 4.68. The van der Waals surface area contributed by atoms with Gasteiger partial charge in [-0.25, -0.2) is 0 Å². The Morgan fingerprint density at radius 3 is 2.45 bits per heavy atom. The second-order valence-electron chi connectivity index (χ2n) is 5.68. The Hall–Kier alpha value is -0.420. The van der Waals surface area contributed by atoms with Gasteiger partial charge in [0.2, 0.25) is 0 Å². The molecule has 0 aliphatic carbocycles. The van der Waals surface area contributed by atoms with Crippen molar-refractivity contribution in [2.45, 2.75) is 59.4 Å². The summed E-state index contributed by atoms with van der Waals surface area (Å²) in [5.74, 6) is 2.21. The molecule has 5 heteroatoms. The molecule has 0 rings (SSSR count). The molecule has 2 N–H and O–H groups in total. The Morgan fingerprint density at radius 2 is 1.86 bits per heavy atom. The van der Waals surface area contributed by atoms with Crippen LogP contribution in [0, 0.1) is 0 Å². The van der Waals surface area contributed by atoms with Crippen molar-refractivity contribution in [2.24, 2.45) is 4.99 Å². The van der Waals surface area contributed by atoms with Crippen LogP contribution in [0.25, 0.3) is 0 Å². The number of hydrogen-bond acceptors (Lipinski definition) is 3. The summed E-state index contributed by atoms with van der Waals surface area (Å²) in [5, 5.41) is 6.88. The maximum Gasteiger partial charge on any atom is 0.191 e. The van der Waals surface area contributed by atoms with Crippen molar-refractivity contribution in [3.8, 4) is 0 Å². The predicted octanol–water partition coefficient (Wildman–Crippen LogP) is 3.20. The van der Waals surface area contributed by atoms with Crippen molar-refractivity contribution in [3.63, 3.8) is 0 Å². The molecule has 0 saturated carbocycles. The van der Waals surface area contributed by atoms with Gasteiger partial charge in [-0.3, -0.25) is 4.99 Å². The van der Waals surface area contributed by atoms with Gasteiger partial charge in [-0.15, -0.1) is 0 Å². The molecule has 1 unspecified atom stereocenters.